The fourth-order valence-electron chi connectivity index (χ4n) is 1.98. The zero-order valence-corrected chi connectivity index (χ0v) is 10.6. The van der Waals surface area contributed by atoms with E-state index in [0.29, 0.717) is 28.6 Å². The summed E-state index contributed by atoms with van der Waals surface area (Å²) in [5, 5.41) is 0.603. The largest absolute Gasteiger partial charge is 0.474 e. The molecule has 0 atom stereocenters. The summed E-state index contributed by atoms with van der Waals surface area (Å²) >= 11 is 11.7. The molecule has 2 rings (SSSR count). The number of aromatic nitrogens is 1. The van der Waals surface area contributed by atoms with Gasteiger partial charge in [-0.3, -0.25) is 0 Å². The molecule has 1 aromatic heterocycles. The molecule has 0 unspecified atom stereocenters. The maximum Gasteiger partial charge on any atom is 0.213 e. The molecule has 1 aliphatic rings. The molecule has 2 nitrogen and oxygen atoms in total. The van der Waals surface area contributed by atoms with Crippen molar-refractivity contribution in [2.45, 2.75) is 44.1 Å². The predicted octanol–water partition coefficient (Wildman–Crippen LogP) is 4.19. The molecular formula is C12H15Cl2NO. The second-order valence-electron chi connectivity index (χ2n) is 4.09. The number of halogens is 2. The summed E-state index contributed by atoms with van der Waals surface area (Å²) in [5.41, 5.74) is 0.691. The molecule has 0 bridgehead atoms. The molecule has 0 saturated heterocycles. The van der Waals surface area contributed by atoms with Crippen LogP contribution in [0.4, 0.5) is 0 Å². The minimum absolute atomic E-state index is 0.311. The third kappa shape index (κ3) is 3.02. The van der Waals surface area contributed by atoms with Crippen molar-refractivity contribution in [3.63, 3.8) is 0 Å². The minimum atomic E-state index is 0.311. The average Bonchev–Trinajstić information content (AvgIpc) is 2.33. The van der Waals surface area contributed by atoms with E-state index in [4.69, 9.17) is 27.9 Å². The Morgan fingerprint density at radius 2 is 2.00 bits per heavy atom. The van der Waals surface area contributed by atoms with Gasteiger partial charge in [0, 0.05) is 6.07 Å². The van der Waals surface area contributed by atoms with Gasteiger partial charge < -0.3 is 4.74 Å². The lowest BCUT2D eigenvalue weighted by Crippen LogP contribution is -2.20. The van der Waals surface area contributed by atoms with Gasteiger partial charge in [0.1, 0.15) is 6.10 Å². The lowest BCUT2D eigenvalue weighted by molar-refractivity contribution is 0.148. The molecule has 1 aromatic rings. The number of ether oxygens (including phenoxy) is 1. The van der Waals surface area contributed by atoms with E-state index >= 15 is 0 Å². The van der Waals surface area contributed by atoms with Gasteiger partial charge >= 0.3 is 0 Å². The van der Waals surface area contributed by atoms with Crippen LogP contribution in [0.2, 0.25) is 5.02 Å². The number of alkyl halides is 1. The monoisotopic (exact) mass is 259 g/mol. The van der Waals surface area contributed by atoms with Gasteiger partial charge in [0.25, 0.3) is 0 Å². The molecule has 0 aromatic carbocycles. The Balaban J connectivity index is 2.03. The molecule has 0 N–H and O–H groups in total. The fraction of sp³-hybridized carbons (Fsp3) is 0.583. The van der Waals surface area contributed by atoms with E-state index in [1.807, 2.05) is 6.07 Å². The van der Waals surface area contributed by atoms with Crippen LogP contribution in [0.1, 0.15) is 37.8 Å². The van der Waals surface area contributed by atoms with Crippen molar-refractivity contribution in [2.75, 3.05) is 0 Å². The summed E-state index contributed by atoms with van der Waals surface area (Å²) < 4.78 is 5.82. The summed E-state index contributed by atoms with van der Waals surface area (Å²) in [6.45, 7) is 0. The first kappa shape index (κ1) is 12.0. The number of hydrogen-bond donors (Lipinski definition) is 0. The van der Waals surface area contributed by atoms with Crippen LogP contribution >= 0.6 is 23.2 Å². The highest BCUT2D eigenvalue weighted by Gasteiger charge is 2.15. The second-order valence-corrected chi connectivity index (χ2v) is 4.76. The standard InChI is InChI=1S/C12H15Cl2NO/c13-8-11-10(14)6-7-12(15-11)16-9-4-2-1-3-5-9/h6-7,9H,1-5,8H2. The number of nitrogens with zero attached hydrogens (tertiary/aromatic N) is 1. The molecule has 0 spiro atoms. The average molecular weight is 260 g/mol. The normalized spacial score (nSPS) is 17.4. The Morgan fingerprint density at radius 1 is 1.25 bits per heavy atom. The molecule has 1 heterocycles. The van der Waals surface area contributed by atoms with E-state index in [9.17, 15) is 0 Å². The third-order valence-corrected chi connectivity index (χ3v) is 3.46. The van der Waals surface area contributed by atoms with Gasteiger partial charge in [0.15, 0.2) is 0 Å². The van der Waals surface area contributed by atoms with Crippen molar-refractivity contribution in [3.8, 4) is 5.88 Å². The third-order valence-electron chi connectivity index (χ3n) is 2.86. The molecule has 1 aliphatic carbocycles. The van der Waals surface area contributed by atoms with Crippen molar-refractivity contribution in [1.29, 1.82) is 0 Å². The summed E-state index contributed by atoms with van der Waals surface area (Å²) in [5.74, 6) is 0.965. The summed E-state index contributed by atoms with van der Waals surface area (Å²) in [4.78, 5) is 4.30. The maximum absolute atomic E-state index is 5.94. The molecule has 4 heteroatoms. The molecule has 16 heavy (non-hydrogen) atoms. The first-order valence-corrected chi connectivity index (χ1v) is 6.59. The van der Waals surface area contributed by atoms with Crippen molar-refractivity contribution in [1.82, 2.24) is 4.98 Å². The number of pyridine rings is 1. The van der Waals surface area contributed by atoms with Gasteiger partial charge in [-0.1, -0.05) is 18.0 Å². The Kier molecular flexibility index (Phi) is 4.30. The molecule has 1 fully saturated rings. The van der Waals surface area contributed by atoms with E-state index in [1.165, 1.54) is 19.3 Å². The highest BCUT2D eigenvalue weighted by Crippen LogP contribution is 2.24. The molecule has 1 saturated carbocycles. The Bertz CT molecular complexity index is 351. The second kappa shape index (κ2) is 5.74. The minimum Gasteiger partial charge on any atom is -0.474 e. The summed E-state index contributed by atoms with van der Waals surface area (Å²) in [6.07, 6.45) is 6.38. The first-order valence-electron chi connectivity index (χ1n) is 5.67. The molecule has 0 radical (unpaired) electrons. The first-order chi connectivity index (χ1) is 7.79. The number of hydrogen-bond acceptors (Lipinski definition) is 2. The molecule has 0 amide bonds. The van der Waals surface area contributed by atoms with Crippen molar-refractivity contribution in [3.05, 3.63) is 22.8 Å². The van der Waals surface area contributed by atoms with Gasteiger partial charge in [-0.25, -0.2) is 4.98 Å². The molecule has 0 aliphatic heterocycles. The lowest BCUT2D eigenvalue weighted by Gasteiger charge is -2.22. The van der Waals surface area contributed by atoms with Gasteiger partial charge in [-0.2, -0.15) is 0 Å². The van der Waals surface area contributed by atoms with E-state index in [0.717, 1.165) is 12.8 Å². The summed E-state index contributed by atoms with van der Waals surface area (Å²) in [7, 11) is 0. The summed E-state index contributed by atoms with van der Waals surface area (Å²) in [6, 6.07) is 3.61. The van der Waals surface area contributed by atoms with Crippen LogP contribution in [0.3, 0.4) is 0 Å². The number of rotatable bonds is 3. The van der Waals surface area contributed by atoms with Gasteiger partial charge in [0.05, 0.1) is 16.6 Å². The van der Waals surface area contributed by atoms with Crippen molar-refractivity contribution >= 4 is 23.2 Å². The van der Waals surface area contributed by atoms with Crippen LogP contribution < -0.4 is 4.74 Å². The smallest absolute Gasteiger partial charge is 0.213 e. The topological polar surface area (TPSA) is 22.1 Å². The van der Waals surface area contributed by atoms with Gasteiger partial charge in [0.2, 0.25) is 5.88 Å². The van der Waals surface area contributed by atoms with Crippen LogP contribution in [-0.2, 0) is 5.88 Å². The van der Waals surface area contributed by atoms with E-state index in [1.54, 1.807) is 6.07 Å². The van der Waals surface area contributed by atoms with E-state index < -0.39 is 0 Å². The lowest BCUT2D eigenvalue weighted by atomic mass is 9.98. The van der Waals surface area contributed by atoms with Crippen LogP contribution in [0.25, 0.3) is 0 Å². The molecule has 88 valence electrons. The van der Waals surface area contributed by atoms with E-state index in [-0.39, 0.29) is 0 Å². The highest BCUT2D eigenvalue weighted by molar-refractivity contribution is 6.32. The van der Waals surface area contributed by atoms with Crippen LogP contribution in [0.5, 0.6) is 5.88 Å². The maximum atomic E-state index is 5.94. The van der Waals surface area contributed by atoms with Gasteiger partial charge in [-0.15, -0.1) is 11.6 Å². The Labute approximate surface area is 106 Å². The van der Waals surface area contributed by atoms with Crippen LogP contribution in [0.15, 0.2) is 12.1 Å². The fourth-order valence-corrected chi connectivity index (χ4v) is 2.42. The van der Waals surface area contributed by atoms with Crippen molar-refractivity contribution < 1.29 is 4.74 Å². The Hall–Kier alpha value is -0.470. The quantitative estimate of drug-likeness (QED) is 0.760. The van der Waals surface area contributed by atoms with Crippen molar-refractivity contribution in [2.24, 2.45) is 0 Å². The zero-order valence-electron chi connectivity index (χ0n) is 9.09. The predicted molar refractivity (Wildman–Crippen MR) is 66.3 cm³/mol. The van der Waals surface area contributed by atoms with E-state index in [2.05, 4.69) is 4.98 Å². The zero-order chi connectivity index (χ0) is 11.4. The Morgan fingerprint density at radius 3 is 2.69 bits per heavy atom. The van der Waals surface area contributed by atoms with Gasteiger partial charge in [-0.05, 0) is 31.7 Å². The SMILES string of the molecule is ClCc1nc(OC2CCCCC2)ccc1Cl. The molecular weight excluding hydrogens is 245 g/mol. The van der Waals surface area contributed by atoms with Crippen LogP contribution in [-0.4, -0.2) is 11.1 Å². The van der Waals surface area contributed by atoms with Crippen LogP contribution in [0, 0.1) is 0 Å². The highest BCUT2D eigenvalue weighted by atomic mass is 35.5.